The maximum Gasteiger partial charge on any atom is 0.387 e. The highest BCUT2D eigenvalue weighted by Crippen LogP contribution is 2.29. The maximum absolute atomic E-state index is 12.9. The summed E-state index contributed by atoms with van der Waals surface area (Å²) in [6, 6.07) is 2.16. The molecular formula is C7H4F4O3S. The molecule has 0 unspecified atom stereocenters. The van der Waals surface area contributed by atoms with Gasteiger partial charge in [-0.3, -0.25) is 0 Å². The molecule has 0 bridgehead atoms. The van der Waals surface area contributed by atoms with Crippen LogP contribution in [0, 0.1) is 5.82 Å². The Kier molecular flexibility index (Phi) is 3.18. The largest absolute Gasteiger partial charge is 0.430 e. The lowest BCUT2D eigenvalue weighted by molar-refractivity contribution is -0.0542. The van der Waals surface area contributed by atoms with E-state index in [-0.39, 0.29) is 0 Å². The Morgan fingerprint density at radius 3 is 2.33 bits per heavy atom. The lowest BCUT2D eigenvalue weighted by Crippen LogP contribution is -2.07. The number of para-hydroxylation sites is 1. The van der Waals surface area contributed by atoms with E-state index >= 15 is 0 Å². The van der Waals surface area contributed by atoms with Gasteiger partial charge >= 0.3 is 16.8 Å². The second kappa shape index (κ2) is 4.05. The average Bonchev–Trinajstić information content (AvgIpc) is 2.05. The Labute approximate surface area is 82.5 Å². The van der Waals surface area contributed by atoms with Gasteiger partial charge in [0, 0.05) is 0 Å². The summed E-state index contributed by atoms with van der Waals surface area (Å²) in [6.07, 6.45) is 0. The molecule has 1 rings (SSSR count). The monoisotopic (exact) mass is 244 g/mol. The number of rotatable bonds is 3. The maximum atomic E-state index is 12.9. The number of benzene rings is 1. The van der Waals surface area contributed by atoms with Gasteiger partial charge in [0.1, 0.15) is 4.90 Å². The fourth-order valence-corrected chi connectivity index (χ4v) is 1.49. The van der Waals surface area contributed by atoms with Gasteiger partial charge in [0.2, 0.25) is 0 Å². The summed E-state index contributed by atoms with van der Waals surface area (Å²) in [5.41, 5.74) is 0. The van der Waals surface area contributed by atoms with Crippen LogP contribution in [0.2, 0.25) is 0 Å². The van der Waals surface area contributed by atoms with Gasteiger partial charge < -0.3 is 4.74 Å². The van der Waals surface area contributed by atoms with Gasteiger partial charge in [0.15, 0.2) is 11.6 Å². The third kappa shape index (κ3) is 2.82. The lowest BCUT2D eigenvalue weighted by Gasteiger charge is -2.08. The van der Waals surface area contributed by atoms with Crippen LogP contribution in [-0.4, -0.2) is 15.0 Å². The van der Waals surface area contributed by atoms with Crippen LogP contribution in [0.3, 0.4) is 0 Å². The molecule has 0 heterocycles. The number of hydrogen-bond acceptors (Lipinski definition) is 3. The second-order valence-electron chi connectivity index (χ2n) is 2.38. The zero-order valence-electron chi connectivity index (χ0n) is 6.95. The first-order chi connectivity index (χ1) is 6.82. The van der Waals surface area contributed by atoms with Crippen LogP contribution >= 0.6 is 0 Å². The Bertz CT molecular complexity index is 457. The molecule has 0 atom stereocenters. The molecule has 0 amide bonds. The minimum Gasteiger partial charge on any atom is -0.430 e. The van der Waals surface area contributed by atoms with Gasteiger partial charge in [-0.1, -0.05) is 6.07 Å². The zero-order chi connectivity index (χ0) is 11.6. The smallest absolute Gasteiger partial charge is 0.387 e. The van der Waals surface area contributed by atoms with E-state index in [1.54, 1.807) is 0 Å². The van der Waals surface area contributed by atoms with Crippen molar-refractivity contribution in [2.75, 3.05) is 0 Å². The van der Waals surface area contributed by atoms with Gasteiger partial charge in [-0.15, -0.1) is 3.89 Å². The van der Waals surface area contributed by atoms with Crippen LogP contribution in [-0.2, 0) is 10.2 Å². The third-order valence-electron chi connectivity index (χ3n) is 1.40. The fourth-order valence-electron chi connectivity index (χ4n) is 0.885. The Morgan fingerprint density at radius 1 is 1.27 bits per heavy atom. The Morgan fingerprint density at radius 2 is 1.87 bits per heavy atom. The summed E-state index contributed by atoms with van der Waals surface area (Å²) in [7, 11) is -5.30. The fraction of sp³-hybridized carbons (Fsp3) is 0.143. The highest BCUT2D eigenvalue weighted by Gasteiger charge is 2.23. The van der Waals surface area contributed by atoms with Crippen molar-refractivity contribution in [1.82, 2.24) is 0 Å². The topological polar surface area (TPSA) is 43.4 Å². The molecule has 1 aromatic rings. The molecule has 0 N–H and O–H groups in total. The molecule has 8 heteroatoms. The molecule has 15 heavy (non-hydrogen) atoms. The Hall–Kier alpha value is -1.31. The van der Waals surface area contributed by atoms with Crippen LogP contribution in [0.5, 0.6) is 5.75 Å². The van der Waals surface area contributed by atoms with E-state index in [4.69, 9.17) is 0 Å². The van der Waals surface area contributed by atoms with Gasteiger partial charge in [0.25, 0.3) is 0 Å². The van der Waals surface area contributed by atoms with Crippen LogP contribution < -0.4 is 4.74 Å². The van der Waals surface area contributed by atoms with Crippen LogP contribution in [0.1, 0.15) is 0 Å². The van der Waals surface area contributed by atoms with Crippen molar-refractivity contribution in [2.24, 2.45) is 0 Å². The molecule has 0 aliphatic heterocycles. The third-order valence-corrected chi connectivity index (χ3v) is 2.25. The van der Waals surface area contributed by atoms with E-state index in [9.17, 15) is 25.5 Å². The summed E-state index contributed by atoms with van der Waals surface area (Å²) in [6.45, 7) is -3.44. The van der Waals surface area contributed by atoms with Crippen molar-refractivity contribution < 1.29 is 30.2 Å². The predicted molar refractivity (Wildman–Crippen MR) is 41.3 cm³/mol. The summed E-state index contributed by atoms with van der Waals surface area (Å²) < 4.78 is 73.3. The first kappa shape index (κ1) is 11.8. The normalized spacial score (nSPS) is 11.8. The molecule has 0 aliphatic rings. The number of ether oxygens (including phenoxy) is 1. The Balaban J connectivity index is 3.33. The van der Waals surface area contributed by atoms with Gasteiger partial charge in [-0.05, 0) is 12.1 Å². The van der Waals surface area contributed by atoms with E-state index in [2.05, 4.69) is 4.74 Å². The van der Waals surface area contributed by atoms with E-state index in [0.717, 1.165) is 6.07 Å². The van der Waals surface area contributed by atoms with E-state index in [1.807, 2.05) is 0 Å². The number of alkyl halides is 2. The van der Waals surface area contributed by atoms with Crippen LogP contribution in [0.15, 0.2) is 23.1 Å². The average molecular weight is 244 g/mol. The molecule has 0 spiro atoms. The molecule has 0 aromatic heterocycles. The van der Waals surface area contributed by atoms with Crippen LogP contribution in [0.25, 0.3) is 0 Å². The van der Waals surface area contributed by atoms with Crippen molar-refractivity contribution in [3.63, 3.8) is 0 Å². The molecule has 1 aromatic carbocycles. The minimum absolute atomic E-state index is 0.621. The van der Waals surface area contributed by atoms with E-state index in [1.165, 1.54) is 0 Å². The molecule has 0 saturated carbocycles. The van der Waals surface area contributed by atoms with Crippen molar-refractivity contribution in [1.29, 1.82) is 0 Å². The highest BCUT2D eigenvalue weighted by molar-refractivity contribution is 7.86. The SMILES string of the molecule is O=S(=O)(F)c1cccc(F)c1OC(F)F. The van der Waals surface area contributed by atoms with Crippen LogP contribution in [0.4, 0.5) is 17.1 Å². The van der Waals surface area contributed by atoms with Crippen molar-refractivity contribution in [3.8, 4) is 5.75 Å². The molecule has 0 radical (unpaired) electrons. The van der Waals surface area contributed by atoms with Crippen molar-refractivity contribution >= 4 is 10.2 Å². The van der Waals surface area contributed by atoms with Gasteiger partial charge in [-0.25, -0.2) is 4.39 Å². The molecule has 0 fully saturated rings. The predicted octanol–water partition coefficient (Wildman–Crippen LogP) is 2.09. The number of hydrogen-bond donors (Lipinski definition) is 0. The number of halogens is 4. The first-order valence-corrected chi connectivity index (χ1v) is 4.88. The second-order valence-corrected chi connectivity index (χ2v) is 3.70. The summed E-state index contributed by atoms with van der Waals surface area (Å²) in [5, 5.41) is 0. The molecular weight excluding hydrogens is 240 g/mol. The lowest BCUT2D eigenvalue weighted by atomic mass is 10.3. The van der Waals surface area contributed by atoms with E-state index < -0.39 is 33.3 Å². The van der Waals surface area contributed by atoms with Crippen molar-refractivity contribution in [3.05, 3.63) is 24.0 Å². The summed E-state index contributed by atoms with van der Waals surface area (Å²) >= 11 is 0. The van der Waals surface area contributed by atoms with Crippen molar-refractivity contribution in [2.45, 2.75) is 11.5 Å². The quantitative estimate of drug-likeness (QED) is 0.604. The first-order valence-electron chi connectivity index (χ1n) is 3.50. The molecule has 3 nitrogen and oxygen atoms in total. The van der Waals surface area contributed by atoms with E-state index in [0.29, 0.717) is 12.1 Å². The van der Waals surface area contributed by atoms with Gasteiger partial charge in [0.05, 0.1) is 0 Å². The molecule has 0 saturated heterocycles. The standard InChI is InChI=1S/C7H4F4O3S/c8-4-2-1-3-5(15(11,12)13)6(4)14-7(9)10/h1-3,7H. The van der Waals surface area contributed by atoms with Gasteiger partial charge in [-0.2, -0.15) is 17.2 Å². The molecule has 84 valence electrons. The summed E-state index contributed by atoms with van der Waals surface area (Å²) in [4.78, 5) is -1.26. The highest BCUT2D eigenvalue weighted by atomic mass is 32.3. The minimum atomic E-state index is -5.30. The zero-order valence-corrected chi connectivity index (χ0v) is 7.77. The molecule has 0 aliphatic carbocycles. The summed E-state index contributed by atoms with van der Waals surface area (Å²) in [5.74, 6) is -2.70.